The van der Waals surface area contributed by atoms with Gasteiger partial charge in [-0.15, -0.1) is 0 Å². The molecule has 0 radical (unpaired) electrons. The van der Waals surface area contributed by atoms with Crippen molar-refractivity contribution in [2.24, 2.45) is 0 Å². The van der Waals surface area contributed by atoms with Gasteiger partial charge in [-0.25, -0.2) is 0 Å². The van der Waals surface area contributed by atoms with Crippen LogP contribution < -0.4 is 15.4 Å². The van der Waals surface area contributed by atoms with E-state index in [-0.39, 0.29) is 17.4 Å². The molecule has 206 valence electrons. The maximum absolute atomic E-state index is 12.8. The van der Waals surface area contributed by atoms with Gasteiger partial charge < -0.3 is 19.7 Å². The third-order valence-electron chi connectivity index (χ3n) is 6.30. The molecule has 0 aliphatic carbocycles. The summed E-state index contributed by atoms with van der Waals surface area (Å²) in [6.45, 7) is 5.98. The molecule has 1 heterocycles. The zero-order valence-corrected chi connectivity index (χ0v) is 23.2. The number of nitrogens with one attached hydrogen (secondary N) is 2. The summed E-state index contributed by atoms with van der Waals surface area (Å²) in [5.74, 6) is -0.534. The molecule has 0 aromatic heterocycles. The van der Waals surface area contributed by atoms with Gasteiger partial charge in [-0.1, -0.05) is 71.3 Å². The molecule has 1 saturated heterocycles. The lowest BCUT2D eigenvalue weighted by atomic mass is 10.1. The topological polar surface area (TPSA) is 97.0 Å². The summed E-state index contributed by atoms with van der Waals surface area (Å²) in [5, 5.41) is 5.58. The van der Waals surface area contributed by atoms with Gasteiger partial charge in [0.05, 0.1) is 19.6 Å². The first-order chi connectivity index (χ1) is 18.0. The summed E-state index contributed by atoms with van der Waals surface area (Å²) >= 11 is 5.46. The molecule has 1 aromatic carbocycles. The van der Waals surface area contributed by atoms with Crippen LogP contribution in [-0.4, -0.2) is 60.1 Å². The number of nitrogens with zero attached hydrogens (tertiary/aromatic N) is 1. The number of hydrogen-bond acceptors (Lipinski definition) is 6. The highest BCUT2D eigenvalue weighted by Gasteiger charge is 2.34. The number of ether oxygens (including phenoxy) is 2. The number of carbonyl (C=O) groups is 3. The Hall–Kier alpha value is -2.68. The highest BCUT2D eigenvalue weighted by molar-refractivity contribution is 7.80. The maximum atomic E-state index is 12.8. The van der Waals surface area contributed by atoms with Gasteiger partial charge in [0.25, 0.3) is 5.91 Å². The van der Waals surface area contributed by atoms with E-state index in [9.17, 15) is 14.4 Å². The Morgan fingerprint density at radius 1 is 1.03 bits per heavy atom. The SMILES string of the molecule is CCCCCCCCCCOC(=O)CC1C(=O)NCCN1C(=S)NC(=O)c1cccc(OCCCC)c1. The van der Waals surface area contributed by atoms with E-state index in [2.05, 4.69) is 24.5 Å². The Balaban J connectivity index is 1.81. The van der Waals surface area contributed by atoms with E-state index in [0.29, 0.717) is 37.6 Å². The second-order valence-corrected chi connectivity index (χ2v) is 9.78. The highest BCUT2D eigenvalue weighted by Crippen LogP contribution is 2.15. The molecule has 8 nitrogen and oxygen atoms in total. The predicted octanol–water partition coefficient (Wildman–Crippen LogP) is 4.75. The molecule has 1 atom stereocenters. The number of rotatable bonds is 16. The molecular formula is C28H43N3O5S. The number of amides is 2. The lowest BCUT2D eigenvalue weighted by Crippen LogP contribution is -2.60. The molecule has 9 heteroatoms. The fourth-order valence-corrected chi connectivity index (χ4v) is 4.41. The molecule has 2 amide bonds. The van der Waals surface area contributed by atoms with Gasteiger partial charge in [-0.05, 0) is 43.3 Å². The fourth-order valence-electron chi connectivity index (χ4n) is 4.10. The number of benzene rings is 1. The molecule has 37 heavy (non-hydrogen) atoms. The smallest absolute Gasteiger partial charge is 0.308 e. The minimum Gasteiger partial charge on any atom is -0.494 e. The second kappa shape index (κ2) is 17.7. The lowest BCUT2D eigenvalue weighted by molar-refractivity contribution is -0.147. The molecule has 1 unspecified atom stereocenters. The van der Waals surface area contributed by atoms with Gasteiger partial charge in [0.15, 0.2) is 5.11 Å². The Morgan fingerprint density at radius 2 is 1.73 bits per heavy atom. The van der Waals surface area contributed by atoms with Gasteiger partial charge in [-0.2, -0.15) is 0 Å². The Morgan fingerprint density at radius 3 is 2.46 bits per heavy atom. The van der Waals surface area contributed by atoms with Crippen molar-refractivity contribution in [2.75, 3.05) is 26.3 Å². The minimum atomic E-state index is -0.823. The molecule has 1 aliphatic rings. The van der Waals surface area contributed by atoms with E-state index in [1.54, 1.807) is 29.2 Å². The van der Waals surface area contributed by atoms with E-state index in [4.69, 9.17) is 21.7 Å². The van der Waals surface area contributed by atoms with Crippen LogP contribution in [0.4, 0.5) is 0 Å². The van der Waals surface area contributed by atoms with Crippen LogP contribution in [0.25, 0.3) is 0 Å². The first-order valence-electron chi connectivity index (χ1n) is 13.7. The van der Waals surface area contributed by atoms with E-state index in [1.165, 1.54) is 32.1 Å². The third-order valence-corrected chi connectivity index (χ3v) is 6.63. The molecular weight excluding hydrogens is 490 g/mol. The standard InChI is InChI=1S/C28H43N3O5S/c1-3-5-7-8-9-10-11-12-19-36-25(32)21-24-27(34)29-16-17-31(24)28(37)30-26(33)22-14-13-15-23(20-22)35-18-6-4-2/h13-15,20,24H,3-12,16-19,21H2,1-2H3,(H,29,34)(H,30,33,37). The summed E-state index contributed by atoms with van der Waals surface area (Å²) in [5.41, 5.74) is 0.402. The van der Waals surface area contributed by atoms with Crippen LogP contribution in [0.1, 0.15) is 94.8 Å². The maximum Gasteiger partial charge on any atom is 0.308 e. The second-order valence-electron chi connectivity index (χ2n) is 9.39. The van der Waals surface area contributed by atoms with Crippen molar-refractivity contribution in [1.29, 1.82) is 0 Å². The number of thiocarbonyl (C=S) groups is 1. The summed E-state index contributed by atoms with van der Waals surface area (Å²) in [4.78, 5) is 39.4. The van der Waals surface area contributed by atoms with Crippen molar-refractivity contribution in [3.05, 3.63) is 29.8 Å². The van der Waals surface area contributed by atoms with Gasteiger partial charge in [0.1, 0.15) is 11.8 Å². The molecule has 1 aliphatic heterocycles. The average molecular weight is 534 g/mol. The zero-order chi connectivity index (χ0) is 26.9. The van der Waals surface area contributed by atoms with Gasteiger partial charge in [0.2, 0.25) is 5.91 Å². The summed E-state index contributed by atoms with van der Waals surface area (Å²) < 4.78 is 11.1. The van der Waals surface area contributed by atoms with Gasteiger partial charge in [-0.3, -0.25) is 19.7 Å². The van der Waals surface area contributed by atoms with Crippen molar-refractivity contribution in [3.63, 3.8) is 0 Å². The molecule has 0 saturated carbocycles. The van der Waals surface area contributed by atoms with E-state index < -0.39 is 17.9 Å². The number of carbonyl (C=O) groups excluding carboxylic acids is 3. The van der Waals surface area contributed by atoms with Crippen molar-refractivity contribution >= 4 is 35.1 Å². The summed E-state index contributed by atoms with van der Waals surface area (Å²) in [6.07, 6.45) is 11.1. The number of hydrogen-bond donors (Lipinski definition) is 2. The first kappa shape index (κ1) is 30.5. The highest BCUT2D eigenvalue weighted by atomic mass is 32.1. The van der Waals surface area contributed by atoms with Crippen LogP contribution in [0.2, 0.25) is 0 Å². The zero-order valence-electron chi connectivity index (χ0n) is 22.4. The Bertz CT molecular complexity index is 879. The molecule has 1 fully saturated rings. The molecule has 0 bridgehead atoms. The Kier molecular flexibility index (Phi) is 14.6. The average Bonchev–Trinajstić information content (AvgIpc) is 2.89. The van der Waals surface area contributed by atoms with Crippen LogP contribution >= 0.6 is 12.2 Å². The quantitative estimate of drug-likeness (QED) is 0.180. The van der Waals surface area contributed by atoms with Crippen LogP contribution in [-0.2, 0) is 14.3 Å². The van der Waals surface area contributed by atoms with Gasteiger partial charge >= 0.3 is 5.97 Å². The van der Waals surface area contributed by atoms with Crippen molar-refractivity contribution in [3.8, 4) is 5.75 Å². The van der Waals surface area contributed by atoms with E-state index >= 15 is 0 Å². The largest absolute Gasteiger partial charge is 0.494 e. The molecule has 2 rings (SSSR count). The summed E-state index contributed by atoms with van der Waals surface area (Å²) in [6, 6.07) is 6.06. The van der Waals surface area contributed by atoms with Gasteiger partial charge in [0, 0.05) is 18.7 Å². The van der Waals surface area contributed by atoms with Crippen molar-refractivity contribution in [2.45, 2.75) is 90.5 Å². The van der Waals surface area contributed by atoms with Crippen LogP contribution in [0.5, 0.6) is 5.75 Å². The molecule has 2 N–H and O–H groups in total. The van der Waals surface area contributed by atoms with Crippen LogP contribution in [0, 0.1) is 0 Å². The minimum absolute atomic E-state index is 0.109. The van der Waals surface area contributed by atoms with E-state index in [1.807, 2.05) is 0 Å². The van der Waals surface area contributed by atoms with Crippen molar-refractivity contribution in [1.82, 2.24) is 15.5 Å². The van der Waals surface area contributed by atoms with Crippen LogP contribution in [0.3, 0.4) is 0 Å². The normalized spacial score (nSPS) is 15.1. The number of piperazine rings is 1. The summed E-state index contributed by atoms with van der Waals surface area (Å²) in [7, 11) is 0. The third kappa shape index (κ3) is 11.5. The molecule has 0 spiro atoms. The Labute approximate surface area is 226 Å². The van der Waals surface area contributed by atoms with E-state index in [0.717, 1.165) is 32.1 Å². The number of unbranched alkanes of at least 4 members (excludes halogenated alkanes) is 8. The lowest BCUT2D eigenvalue weighted by Gasteiger charge is -2.36. The fraction of sp³-hybridized carbons (Fsp3) is 0.643. The number of esters is 1. The monoisotopic (exact) mass is 533 g/mol. The first-order valence-corrected chi connectivity index (χ1v) is 14.1. The predicted molar refractivity (Wildman–Crippen MR) is 149 cm³/mol. The van der Waals surface area contributed by atoms with Crippen LogP contribution in [0.15, 0.2) is 24.3 Å². The molecule has 1 aromatic rings. The van der Waals surface area contributed by atoms with Crippen molar-refractivity contribution < 1.29 is 23.9 Å².